The van der Waals surface area contributed by atoms with Gasteiger partial charge in [0.25, 0.3) is 0 Å². The molecule has 31 heavy (non-hydrogen) atoms. The molecule has 0 aliphatic heterocycles. The Morgan fingerprint density at radius 3 is 2.84 bits per heavy atom. The molecule has 1 heterocycles. The normalized spacial score (nSPS) is 15.6. The first-order valence-corrected chi connectivity index (χ1v) is 11.4. The molecule has 1 saturated carbocycles. The third-order valence-electron chi connectivity index (χ3n) is 5.91. The van der Waals surface area contributed by atoms with Crippen molar-refractivity contribution in [3.63, 3.8) is 0 Å². The Hall–Kier alpha value is -2.89. The van der Waals surface area contributed by atoms with Gasteiger partial charge >= 0.3 is 0 Å². The topological polar surface area (TPSA) is 77.2 Å². The molecule has 0 radical (unpaired) electrons. The number of benzene rings is 2. The average Bonchev–Trinajstić information content (AvgIpc) is 3.24. The smallest absolute Gasteiger partial charge is 0.228 e. The van der Waals surface area contributed by atoms with Gasteiger partial charge < -0.3 is 14.6 Å². The first kappa shape index (κ1) is 21.3. The van der Waals surface area contributed by atoms with E-state index in [1.54, 1.807) is 0 Å². The van der Waals surface area contributed by atoms with Crippen LogP contribution in [0, 0.1) is 5.92 Å². The van der Waals surface area contributed by atoms with Gasteiger partial charge in [-0.3, -0.25) is 4.79 Å². The molecule has 3 aromatic rings. The number of carbonyl (C=O) groups is 1. The Balaban J connectivity index is 1.20. The van der Waals surface area contributed by atoms with Gasteiger partial charge in [0.1, 0.15) is 5.75 Å². The molecule has 1 unspecified atom stereocenters. The molecule has 0 spiro atoms. The van der Waals surface area contributed by atoms with Crippen molar-refractivity contribution in [1.29, 1.82) is 0 Å². The number of aryl methyl sites for hydroxylation is 1. The van der Waals surface area contributed by atoms with Crippen LogP contribution in [0.1, 0.15) is 57.2 Å². The van der Waals surface area contributed by atoms with Gasteiger partial charge in [-0.25, -0.2) is 0 Å². The second kappa shape index (κ2) is 10.4. The SMILES string of the molecule is CC(Cc1nc(CCCOc2cccc3ccccc23)no1)NC(=O)C1CCCCC1. The molecule has 0 bridgehead atoms. The van der Waals surface area contributed by atoms with Crippen LogP contribution in [0.3, 0.4) is 0 Å². The lowest BCUT2D eigenvalue weighted by Gasteiger charge is -2.22. The minimum Gasteiger partial charge on any atom is -0.493 e. The van der Waals surface area contributed by atoms with Crippen molar-refractivity contribution >= 4 is 16.7 Å². The number of aromatic nitrogens is 2. The lowest BCUT2D eigenvalue weighted by molar-refractivity contribution is -0.126. The summed E-state index contributed by atoms with van der Waals surface area (Å²) < 4.78 is 11.4. The standard InChI is InChI=1S/C25H31N3O3/c1-18(26-25(29)20-10-3-2-4-11-20)17-24-27-23(28-31-24)15-8-16-30-22-14-7-12-19-9-5-6-13-21(19)22/h5-7,9,12-14,18,20H,2-4,8,10-11,15-17H2,1H3,(H,26,29). The lowest BCUT2D eigenvalue weighted by atomic mass is 9.88. The van der Waals surface area contributed by atoms with Crippen LogP contribution >= 0.6 is 0 Å². The van der Waals surface area contributed by atoms with Crippen molar-refractivity contribution < 1.29 is 14.1 Å². The van der Waals surface area contributed by atoms with Crippen molar-refractivity contribution in [3.8, 4) is 5.75 Å². The summed E-state index contributed by atoms with van der Waals surface area (Å²) in [7, 11) is 0. The van der Waals surface area contributed by atoms with Gasteiger partial charge in [-0.2, -0.15) is 4.98 Å². The van der Waals surface area contributed by atoms with E-state index < -0.39 is 0 Å². The van der Waals surface area contributed by atoms with E-state index in [1.165, 1.54) is 11.8 Å². The lowest BCUT2D eigenvalue weighted by Crippen LogP contribution is -2.39. The maximum Gasteiger partial charge on any atom is 0.228 e. The van der Waals surface area contributed by atoms with Gasteiger partial charge in [0, 0.05) is 30.2 Å². The second-order valence-electron chi connectivity index (χ2n) is 8.48. The predicted octanol–water partition coefficient (Wildman–Crippen LogP) is 4.86. The third kappa shape index (κ3) is 5.84. The second-order valence-corrected chi connectivity index (χ2v) is 8.48. The van der Waals surface area contributed by atoms with Crippen LogP contribution < -0.4 is 10.1 Å². The maximum absolute atomic E-state index is 12.4. The number of amides is 1. The molecule has 1 aromatic heterocycles. The highest BCUT2D eigenvalue weighted by Gasteiger charge is 2.22. The average molecular weight is 422 g/mol. The molecule has 0 saturated heterocycles. The summed E-state index contributed by atoms with van der Waals surface area (Å²) in [6, 6.07) is 14.3. The Labute approximate surface area is 183 Å². The van der Waals surface area contributed by atoms with E-state index in [0.29, 0.717) is 31.2 Å². The molecule has 1 aliphatic rings. The van der Waals surface area contributed by atoms with Crippen molar-refractivity contribution in [1.82, 2.24) is 15.5 Å². The number of carbonyl (C=O) groups excluding carboxylic acids is 1. The van der Waals surface area contributed by atoms with Gasteiger partial charge in [-0.05, 0) is 37.6 Å². The third-order valence-corrected chi connectivity index (χ3v) is 5.91. The molecule has 1 amide bonds. The number of nitrogens with zero attached hydrogens (tertiary/aromatic N) is 2. The number of fused-ring (bicyclic) bond motifs is 1. The fourth-order valence-corrected chi connectivity index (χ4v) is 4.25. The summed E-state index contributed by atoms with van der Waals surface area (Å²) in [5.74, 6) is 2.48. The monoisotopic (exact) mass is 421 g/mol. The maximum atomic E-state index is 12.4. The first-order valence-electron chi connectivity index (χ1n) is 11.4. The van der Waals surface area contributed by atoms with Crippen molar-refractivity contribution in [2.24, 2.45) is 5.92 Å². The summed E-state index contributed by atoms with van der Waals surface area (Å²) in [5, 5.41) is 9.48. The zero-order valence-corrected chi connectivity index (χ0v) is 18.2. The highest BCUT2D eigenvalue weighted by Crippen LogP contribution is 2.25. The highest BCUT2D eigenvalue weighted by molar-refractivity contribution is 5.88. The molecule has 2 aromatic carbocycles. The summed E-state index contributed by atoms with van der Waals surface area (Å²) in [6.07, 6.45) is 7.61. The fraction of sp³-hybridized carbons (Fsp3) is 0.480. The first-order chi connectivity index (χ1) is 15.2. The van der Waals surface area contributed by atoms with E-state index in [1.807, 2.05) is 31.2 Å². The van der Waals surface area contributed by atoms with Gasteiger partial charge in [0.2, 0.25) is 11.8 Å². The van der Waals surface area contributed by atoms with E-state index in [0.717, 1.165) is 43.2 Å². The van der Waals surface area contributed by atoms with Crippen molar-refractivity contribution in [3.05, 3.63) is 54.2 Å². The minimum atomic E-state index is -0.0163. The van der Waals surface area contributed by atoms with Gasteiger partial charge in [0.05, 0.1) is 6.61 Å². The molecule has 164 valence electrons. The van der Waals surface area contributed by atoms with E-state index in [-0.39, 0.29) is 17.9 Å². The van der Waals surface area contributed by atoms with E-state index in [9.17, 15) is 4.79 Å². The molecule has 1 N–H and O–H groups in total. The Kier molecular flexibility index (Phi) is 7.18. The number of ether oxygens (including phenoxy) is 1. The molecule has 1 aliphatic carbocycles. The number of hydrogen-bond acceptors (Lipinski definition) is 5. The van der Waals surface area contributed by atoms with Gasteiger partial charge in [-0.15, -0.1) is 0 Å². The molecule has 4 rings (SSSR count). The fourth-order valence-electron chi connectivity index (χ4n) is 4.25. The van der Waals surface area contributed by atoms with Crippen LogP contribution in [0.4, 0.5) is 0 Å². The van der Waals surface area contributed by atoms with Crippen molar-refractivity contribution in [2.45, 2.75) is 64.3 Å². The summed E-state index contributed by atoms with van der Waals surface area (Å²) in [4.78, 5) is 16.9. The van der Waals surface area contributed by atoms with E-state index in [2.05, 4.69) is 33.7 Å². The van der Waals surface area contributed by atoms with Gasteiger partial charge in [0.15, 0.2) is 5.82 Å². The molecule has 1 atom stereocenters. The number of hydrogen-bond donors (Lipinski definition) is 1. The molecular weight excluding hydrogens is 390 g/mol. The highest BCUT2D eigenvalue weighted by atomic mass is 16.5. The Morgan fingerprint density at radius 2 is 1.97 bits per heavy atom. The van der Waals surface area contributed by atoms with E-state index in [4.69, 9.17) is 9.26 Å². The minimum absolute atomic E-state index is 0.0163. The predicted molar refractivity (Wildman–Crippen MR) is 120 cm³/mol. The summed E-state index contributed by atoms with van der Waals surface area (Å²) in [6.45, 7) is 2.58. The summed E-state index contributed by atoms with van der Waals surface area (Å²) in [5.41, 5.74) is 0. The van der Waals surface area contributed by atoms with Gasteiger partial charge in [-0.1, -0.05) is 60.8 Å². The Morgan fingerprint density at radius 1 is 1.16 bits per heavy atom. The number of nitrogens with one attached hydrogen (secondary N) is 1. The van der Waals surface area contributed by atoms with Crippen LogP contribution in [-0.4, -0.2) is 28.7 Å². The van der Waals surface area contributed by atoms with Crippen molar-refractivity contribution in [2.75, 3.05) is 6.61 Å². The van der Waals surface area contributed by atoms with Crippen LogP contribution in [-0.2, 0) is 17.6 Å². The molecule has 1 fully saturated rings. The van der Waals surface area contributed by atoms with Crippen LogP contribution in [0.5, 0.6) is 5.75 Å². The molecule has 6 heteroatoms. The molecule has 6 nitrogen and oxygen atoms in total. The molecular formula is C25H31N3O3. The zero-order chi connectivity index (χ0) is 21.5. The summed E-state index contributed by atoms with van der Waals surface area (Å²) >= 11 is 0. The van der Waals surface area contributed by atoms with Crippen LogP contribution in [0.2, 0.25) is 0 Å². The largest absolute Gasteiger partial charge is 0.493 e. The zero-order valence-electron chi connectivity index (χ0n) is 18.2. The quantitative estimate of drug-likeness (QED) is 0.499. The van der Waals surface area contributed by atoms with Crippen LogP contribution in [0.25, 0.3) is 10.8 Å². The Bertz CT molecular complexity index is 989. The van der Waals surface area contributed by atoms with E-state index >= 15 is 0 Å². The van der Waals surface area contributed by atoms with Crippen LogP contribution in [0.15, 0.2) is 47.0 Å². The number of rotatable bonds is 9.